The summed E-state index contributed by atoms with van der Waals surface area (Å²) in [5.74, 6) is -0.718. The minimum Gasteiger partial charge on any atom is -0.398 e. The van der Waals surface area contributed by atoms with Crippen molar-refractivity contribution in [2.24, 2.45) is 0 Å². The second kappa shape index (κ2) is 5.04. The third-order valence-electron chi connectivity index (χ3n) is 3.82. The van der Waals surface area contributed by atoms with Crippen molar-refractivity contribution in [2.75, 3.05) is 0 Å². The molecule has 1 aliphatic rings. The van der Waals surface area contributed by atoms with Crippen LogP contribution in [-0.2, 0) is 15.7 Å². The Balaban J connectivity index is 2.22. The molecular weight excluding hydrogens is 270 g/mol. The molecule has 7 heteroatoms. The van der Waals surface area contributed by atoms with Gasteiger partial charge in [0.15, 0.2) is 0 Å². The summed E-state index contributed by atoms with van der Waals surface area (Å²) in [7, 11) is -0.796. The Labute approximate surface area is 116 Å². The van der Waals surface area contributed by atoms with E-state index >= 15 is 0 Å². The minimum atomic E-state index is -2.60. The second-order valence-corrected chi connectivity index (χ2v) is 5.88. The minimum absolute atomic E-state index is 0.111. The molecule has 0 saturated carbocycles. The van der Waals surface area contributed by atoms with E-state index in [2.05, 4.69) is 4.98 Å². The van der Waals surface area contributed by atoms with Gasteiger partial charge in [-0.2, -0.15) is 0 Å². The molecule has 1 aromatic heterocycles. The predicted molar refractivity (Wildman–Crippen MR) is 69.6 cm³/mol. The maximum Gasteiger partial charge on any atom is 0.514 e. The van der Waals surface area contributed by atoms with Crippen molar-refractivity contribution in [3.63, 3.8) is 0 Å². The van der Waals surface area contributed by atoms with Gasteiger partial charge in [0, 0.05) is 18.2 Å². The molecule has 0 aliphatic carbocycles. The fourth-order valence-electron chi connectivity index (χ4n) is 1.88. The molecule has 0 amide bonds. The fourth-order valence-corrected chi connectivity index (χ4v) is 1.88. The van der Waals surface area contributed by atoms with E-state index in [9.17, 15) is 13.2 Å². The average molecular weight is 287 g/mol. The summed E-state index contributed by atoms with van der Waals surface area (Å²) >= 11 is 0. The Kier molecular flexibility index (Phi) is 3.86. The van der Waals surface area contributed by atoms with Gasteiger partial charge in [0.05, 0.1) is 16.8 Å². The highest BCUT2D eigenvalue weighted by atomic mass is 19.3. The van der Waals surface area contributed by atoms with E-state index < -0.39 is 37.0 Å². The van der Waals surface area contributed by atoms with Gasteiger partial charge in [0.25, 0.3) is 0 Å². The molecule has 1 aliphatic heterocycles. The highest BCUT2D eigenvalue weighted by molar-refractivity contribution is 6.61. The van der Waals surface area contributed by atoms with E-state index in [0.717, 1.165) is 12.3 Å². The van der Waals surface area contributed by atoms with Gasteiger partial charge >= 0.3 is 7.12 Å². The molecule has 2 rings (SSSR count). The van der Waals surface area contributed by atoms with E-state index in [4.69, 9.17) is 9.31 Å². The molecular formula is C13H17BF3NO2. The summed E-state index contributed by atoms with van der Waals surface area (Å²) in [6.07, 6.45) is -2.14. The van der Waals surface area contributed by atoms with Crippen LogP contribution in [0.4, 0.5) is 13.2 Å². The molecule has 1 fully saturated rings. The SMILES string of the molecule is CC1(C)OB(c2cc(F)c(CC(F)F)cn2)OC1(C)C. The highest BCUT2D eigenvalue weighted by Gasteiger charge is 2.52. The maximum atomic E-state index is 13.8. The van der Waals surface area contributed by atoms with Crippen molar-refractivity contribution in [2.45, 2.75) is 51.7 Å². The van der Waals surface area contributed by atoms with Gasteiger partial charge < -0.3 is 9.31 Å². The lowest BCUT2D eigenvalue weighted by atomic mass is 9.84. The molecule has 1 aromatic rings. The number of hydrogen-bond donors (Lipinski definition) is 0. The Morgan fingerprint density at radius 3 is 2.20 bits per heavy atom. The summed E-state index contributed by atoms with van der Waals surface area (Å²) < 4.78 is 49.7. The number of hydrogen-bond acceptors (Lipinski definition) is 3. The molecule has 0 aromatic carbocycles. The largest absolute Gasteiger partial charge is 0.514 e. The Bertz CT molecular complexity index is 492. The fraction of sp³-hybridized carbons (Fsp3) is 0.615. The molecule has 0 radical (unpaired) electrons. The van der Waals surface area contributed by atoms with Crippen LogP contribution >= 0.6 is 0 Å². The van der Waals surface area contributed by atoms with E-state index in [-0.39, 0.29) is 11.2 Å². The van der Waals surface area contributed by atoms with Crippen LogP contribution in [0.1, 0.15) is 33.3 Å². The zero-order valence-corrected chi connectivity index (χ0v) is 11.9. The van der Waals surface area contributed by atoms with Gasteiger partial charge in [-0.3, -0.25) is 4.98 Å². The molecule has 0 bridgehead atoms. The molecule has 2 heterocycles. The highest BCUT2D eigenvalue weighted by Crippen LogP contribution is 2.36. The molecule has 20 heavy (non-hydrogen) atoms. The van der Waals surface area contributed by atoms with Crippen LogP contribution in [0.15, 0.2) is 12.3 Å². The first-order valence-electron chi connectivity index (χ1n) is 6.40. The van der Waals surface area contributed by atoms with Crippen molar-refractivity contribution in [1.82, 2.24) is 4.98 Å². The monoisotopic (exact) mass is 287 g/mol. The van der Waals surface area contributed by atoms with Gasteiger partial charge in [0.2, 0.25) is 6.43 Å². The number of alkyl halides is 2. The topological polar surface area (TPSA) is 31.4 Å². The lowest BCUT2D eigenvalue weighted by Gasteiger charge is -2.32. The zero-order valence-electron chi connectivity index (χ0n) is 11.9. The number of aromatic nitrogens is 1. The molecule has 0 unspecified atom stereocenters. The standard InChI is InChI=1S/C13H17BF3NO2/c1-12(2)13(3,4)20-14(19-12)10-6-9(15)8(7-18-10)5-11(16)17/h6-7,11H,5H2,1-4H3. The first-order chi connectivity index (χ1) is 9.12. The van der Waals surface area contributed by atoms with Crippen molar-refractivity contribution in [1.29, 1.82) is 0 Å². The zero-order chi connectivity index (χ0) is 15.1. The Morgan fingerprint density at radius 2 is 1.75 bits per heavy atom. The van der Waals surface area contributed by atoms with Gasteiger partial charge in [-0.25, -0.2) is 13.2 Å². The van der Waals surface area contributed by atoms with Crippen molar-refractivity contribution < 1.29 is 22.5 Å². The molecule has 0 spiro atoms. The molecule has 0 N–H and O–H groups in total. The Morgan fingerprint density at radius 1 is 1.20 bits per heavy atom. The van der Waals surface area contributed by atoms with Gasteiger partial charge in [0.1, 0.15) is 5.82 Å². The van der Waals surface area contributed by atoms with Gasteiger partial charge in [-0.05, 0) is 33.8 Å². The van der Waals surface area contributed by atoms with Crippen molar-refractivity contribution in [3.8, 4) is 0 Å². The number of nitrogens with zero attached hydrogens (tertiary/aromatic N) is 1. The van der Waals surface area contributed by atoms with Crippen LogP contribution in [0, 0.1) is 5.82 Å². The van der Waals surface area contributed by atoms with E-state index in [1.54, 1.807) is 0 Å². The second-order valence-electron chi connectivity index (χ2n) is 5.88. The Hall–Kier alpha value is -1.08. The smallest absolute Gasteiger partial charge is 0.398 e. The van der Waals surface area contributed by atoms with Crippen LogP contribution < -0.4 is 5.59 Å². The maximum absolute atomic E-state index is 13.8. The van der Waals surface area contributed by atoms with Crippen LogP contribution in [0.5, 0.6) is 0 Å². The van der Waals surface area contributed by atoms with Gasteiger partial charge in [-0.15, -0.1) is 0 Å². The van der Waals surface area contributed by atoms with Crippen LogP contribution in [0.2, 0.25) is 0 Å². The molecule has 110 valence electrons. The normalized spacial score (nSPS) is 20.7. The van der Waals surface area contributed by atoms with Crippen LogP contribution in [0.25, 0.3) is 0 Å². The summed E-state index contributed by atoms with van der Waals surface area (Å²) in [5.41, 5.74) is -0.978. The van der Waals surface area contributed by atoms with E-state index in [1.807, 2.05) is 27.7 Å². The van der Waals surface area contributed by atoms with Crippen LogP contribution in [0.3, 0.4) is 0 Å². The lowest BCUT2D eigenvalue weighted by Crippen LogP contribution is -2.41. The van der Waals surface area contributed by atoms with Crippen molar-refractivity contribution in [3.05, 3.63) is 23.6 Å². The quantitative estimate of drug-likeness (QED) is 0.800. The van der Waals surface area contributed by atoms with E-state index in [0.29, 0.717) is 0 Å². The third kappa shape index (κ3) is 2.83. The predicted octanol–water partition coefficient (Wildman–Crippen LogP) is 2.33. The van der Waals surface area contributed by atoms with Gasteiger partial charge in [-0.1, -0.05) is 0 Å². The lowest BCUT2D eigenvalue weighted by molar-refractivity contribution is 0.00578. The third-order valence-corrected chi connectivity index (χ3v) is 3.82. The molecule has 1 saturated heterocycles. The number of pyridine rings is 1. The first kappa shape index (κ1) is 15.3. The summed E-state index contributed by atoms with van der Waals surface area (Å²) in [4.78, 5) is 3.98. The molecule has 3 nitrogen and oxygen atoms in total. The number of rotatable bonds is 3. The molecule has 0 atom stereocenters. The summed E-state index contributed by atoms with van der Waals surface area (Å²) in [5, 5.41) is 0. The average Bonchev–Trinajstić information content (AvgIpc) is 2.50. The van der Waals surface area contributed by atoms with E-state index in [1.165, 1.54) is 0 Å². The van der Waals surface area contributed by atoms with Crippen LogP contribution in [-0.4, -0.2) is 29.7 Å². The van der Waals surface area contributed by atoms with Crippen molar-refractivity contribution >= 4 is 12.7 Å². The number of halogens is 3. The first-order valence-corrected chi connectivity index (χ1v) is 6.40. The summed E-state index contributed by atoms with van der Waals surface area (Å²) in [6, 6.07) is 1.10. The summed E-state index contributed by atoms with van der Waals surface area (Å²) in [6.45, 7) is 7.48.